The molecule has 2 aromatic carbocycles. The number of carbonyl (C=O) groups is 2. The lowest BCUT2D eigenvalue weighted by Gasteiger charge is -2.08. The molecule has 2 aromatic rings. The highest BCUT2D eigenvalue weighted by atomic mass is 32.2. The van der Waals surface area contributed by atoms with Crippen LogP contribution >= 0.6 is 0 Å². The molecule has 0 unspecified atom stereocenters. The van der Waals surface area contributed by atoms with Gasteiger partial charge in [-0.15, -0.1) is 0 Å². The molecule has 126 valence electrons. The lowest BCUT2D eigenvalue weighted by Crippen LogP contribution is -2.13. The SMILES string of the molecule is CC(=O)Nc1ccc(NC(=O)c2cccc(CS(C)(=O)=O)c2)cc1. The molecule has 0 spiro atoms. The number of sulfone groups is 1. The van der Waals surface area contributed by atoms with Crippen molar-refractivity contribution < 1.29 is 18.0 Å². The van der Waals surface area contributed by atoms with E-state index in [1.165, 1.54) is 6.92 Å². The van der Waals surface area contributed by atoms with Crippen LogP contribution in [0.25, 0.3) is 0 Å². The Balaban J connectivity index is 2.09. The molecule has 0 radical (unpaired) electrons. The van der Waals surface area contributed by atoms with Crippen molar-refractivity contribution >= 4 is 33.0 Å². The highest BCUT2D eigenvalue weighted by Crippen LogP contribution is 2.15. The van der Waals surface area contributed by atoms with E-state index in [-0.39, 0.29) is 17.6 Å². The first-order chi connectivity index (χ1) is 11.2. The smallest absolute Gasteiger partial charge is 0.255 e. The number of anilines is 2. The summed E-state index contributed by atoms with van der Waals surface area (Å²) in [6, 6.07) is 13.2. The van der Waals surface area contributed by atoms with Crippen LogP contribution in [0.15, 0.2) is 48.5 Å². The number of rotatable bonds is 5. The molecule has 2 N–H and O–H groups in total. The fraction of sp³-hybridized carbons (Fsp3) is 0.176. The van der Waals surface area contributed by atoms with Crippen molar-refractivity contribution in [2.24, 2.45) is 0 Å². The van der Waals surface area contributed by atoms with Crippen LogP contribution in [0.5, 0.6) is 0 Å². The molecule has 2 amide bonds. The Bertz CT molecular complexity index is 858. The summed E-state index contributed by atoms with van der Waals surface area (Å²) >= 11 is 0. The minimum absolute atomic E-state index is 0.112. The van der Waals surface area contributed by atoms with Gasteiger partial charge in [-0.25, -0.2) is 8.42 Å². The zero-order valence-corrected chi connectivity index (χ0v) is 14.2. The van der Waals surface area contributed by atoms with Crippen LogP contribution in [0.3, 0.4) is 0 Å². The predicted molar refractivity (Wildman–Crippen MR) is 93.7 cm³/mol. The standard InChI is InChI=1S/C17H18N2O4S/c1-12(20)18-15-6-8-16(9-7-15)19-17(21)14-5-3-4-13(10-14)11-24(2,22)23/h3-10H,11H2,1-2H3,(H,18,20)(H,19,21). The van der Waals surface area contributed by atoms with Crippen molar-refractivity contribution in [2.75, 3.05) is 16.9 Å². The Morgan fingerprint density at radius 1 is 0.958 bits per heavy atom. The Morgan fingerprint density at radius 2 is 1.54 bits per heavy atom. The highest BCUT2D eigenvalue weighted by molar-refractivity contribution is 7.89. The van der Waals surface area contributed by atoms with E-state index in [1.54, 1.807) is 48.5 Å². The van der Waals surface area contributed by atoms with Crippen LogP contribution < -0.4 is 10.6 Å². The fourth-order valence-electron chi connectivity index (χ4n) is 2.15. The second-order valence-electron chi connectivity index (χ2n) is 5.48. The van der Waals surface area contributed by atoms with Gasteiger partial charge in [0.05, 0.1) is 5.75 Å². The topological polar surface area (TPSA) is 92.3 Å². The van der Waals surface area contributed by atoms with Crippen molar-refractivity contribution in [3.63, 3.8) is 0 Å². The monoisotopic (exact) mass is 346 g/mol. The van der Waals surface area contributed by atoms with Gasteiger partial charge in [-0.05, 0) is 42.0 Å². The Hall–Kier alpha value is -2.67. The minimum atomic E-state index is -3.16. The van der Waals surface area contributed by atoms with Gasteiger partial charge in [0.2, 0.25) is 5.91 Å². The van der Waals surface area contributed by atoms with E-state index in [4.69, 9.17) is 0 Å². The number of hydrogen-bond acceptors (Lipinski definition) is 4. The molecule has 0 saturated heterocycles. The summed E-state index contributed by atoms with van der Waals surface area (Å²) in [6.07, 6.45) is 1.15. The second-order valence-corrected chi connectivity index (χ2v) is 7.62. The van der Waals surface area contributed by atoms with Crippen molar-refractivity contribution in [1.82, 2.24) is 0 Å². The molecule has 0 heterocycles. The maximum Gasteiger partial charge on any atom is 0.255 e. The fourth-order valence-corrected chi connectivity index (χ4v) is 2.93. The van der Waals surface area contributed by atoms with Gasteiger partial charge in [-0.3, -0.25) is 9.59 Å². The van der Waals surface area contributed by atoms with Crippen molar-refractivity contribution in [2.45, 2.75) is 12.7 Å². The van der Waals surface area contributed by atoms with Crippen LogP contribution in [-0.4, -0.2) is 26.5 Å². The van der Waals surface area contributed by atoms with Gasteiger partial charge < -0.3 is 10.6 Å². The molecule has 2 rings (SSSR count). The number of amides is 2. The maximum atomic E-state index is 12.3. The van der Waals surface area contributed by atoms with Crippen LogP contribution in [0, 0.1) is 0 Å². The summed E-state index contributed by atoms with van der Waals surface area (Å²) in [4.78, 5) is 23.2. The Morgan fingerprint density at radius 3 is 2.08 bits per heavy atom. The molecule has 0 bridgehead atoms. The zero-order chi connectivity index (χ0) is 17.7. The molecule has 24 heavy (non-hydrogen) atoms. The molecule has 0 aliphatic carbocycles. The average Bonchev–Trinajstić information content (AvgIpc) is 2.47. The predicted octanol–water partition coefficient (Wildman–Crippen LogP) is 2.44. The van der Waals surface area contributed by atoms with E-state index >= 15 is 0 Å². The largest absolute Gasteiger partial charge is 0.326 e. The maximum absolute atomic E-state index is 12.3. The molecule has 0 aliphatic heterocycles. The van der Waals surface area contributed by atoms with E-state index in [0.717, 1.165) is 6.26 Å². The zero-order valence-electron chi connectivity index (χ0n) is 13.4. The third-order valence-electron chi connectivity index (χ3n) is 3.08. The molecule has 0 aromatic heterocycles. The minimum Gasteiger partial charge on any atom is -0.326 e. The van der Waals surface area contributed by atoms with E-state index in [2.05, 4.69) is 10.6 Å². The molecule has 0 aliphatic rings. The summed E-state index contributed by atoms with van der Waals surface area (Å²) in [5.74, 6) is -0.619. The van der Waals surface area contributed by atoms with Gasteiger partial charge >= 0.3 is 0 Å². The van der Waals surface area contributed by atoms with Gasteiger partial charge in [-0.1, -0.05) is 12.1 Å². The molecular formula is C17H18N2O4S. The van der Waals surface area contributed by atoms with Crippen LogP contribution in [0.4, 0.5) is 11.4 Å². The van der Waals surface area contributed by atoms with E-state index < -0.39 is 9.84 Å². The molecule has 0 saturated carbocycles. The van der Waals surface area contributed by atoms with Gasteiger partial charge in [0.15, 0.2) is 9.84 Å². The Labute approximate surface area is 140 Å². The van der Waals surface area contributed by atoms with E-state index in [1.807, 2.05) is 0 Å². The van der Waals surface area contributed by atoms with Gasteiger partial charge in [-0.2, -0.15) is 0 Å². The third-order valence-corrected chi connectivity index (χ3v) is 3.94. The first-order valence-corrected chi connectivity index (χ1v) is 9.25. The summed E-state index contributed by atoms with van der Waals surface area (Å²) in [7, 11) is -3.16. The lowest BCUT2D eigenvalue weighted by molar-refractivity contribution is -0.114. The van der Waals surface area contributed by atoms with Gasteiger partial charge in [0.25, 0.3) is 5.91 Å². The molecule has 0 fully saturated rings. The van der Waals surface area contributed by atoms with Crippen LogP contribution in [0.1, 0.15) is 22.8 Å². The Kier molecular flexibility index (Phi) is 5.35. The summed E-state index contributed by atoms with van der Waals surface area (Å²) in [5, 5.41) is 5.37. The number of carbonyl (C=O) groups excluding carboxylic acids is 2. The van der Waals surface area contributed by atoms with Crippen molar-refractivity contribution in [3.8, 4) is 0 Å². The molecule has 7 heteroatoms. The van der Waals surface area contributed by atoms with E-state index in [0.29, 0.717) is 22.5 Å². The second kappa shape index (κ2) is 7.27. The summed E-state index contributed by atoms with van der Waals surface area (Å²) in [5.41, 5.74) is 2.14. The third kappa shape index (κ3) is 5.51. The summed E-state index contributed by atoms with van der Waals surface area (Å²) < 4.78 is 22.7. The first kappa shape index (κ1) is 17.7. The van der Waals surface area contributed by atoms with E-state index in [9.17, 15) is 18.0 Å². The van der Waals surface area contributed by atoms with Gasteiger partial charge in [0.1, 0.15) is 0 Å². The van der Waals surface area contributed by atoms with Crippen molar-refractivity contribution in [1.29, 1.82) is 0 Å². The highest BCUT2D eigenvalue weighted by Gasteiger charge is 2.10. The van der Waals surface area contributed by atoms with Gasteiger partial charge in [0, 0.05) is 30.1 Å². The normalized spacial score (nSPS) is 10.9. The molecular weight excluding hydrogens is 328 g/mol. The van der Waals surface area contributed by atoms with Crippen LogP contribution in [-0.2, 0) is 20.4 Å². The lowest BCUT2D eigenvalue weighted by atomic mass is 10.1. The summed E-state index contributed by atoms with van der Waals surface area (Å²) in [6.45, 7) is 1.42. The first-order valence-electron chi connectivity index (χ1n) is 7.18. The van der Waals surface area contributed by atoms with Crippen LogP contribution in [0.2, 0.25) is 0 Å². The number of nitrogens with one attached hydrogen (secondary N) is 2. The molecule has 0 atom stereocenters. The van der Waals surface area contributed by atoms with Crippen molar-refractivity contribution in [3.05, 3.63) is 59.7 Å². The number of hydrogen-bond donors (Lipinski definition) is 2. The molecule has 6 nitrogen and oxygen atoms in total. The quantitative estimate of drug-likeness (QED) is 0.870. The average molecular weight is 346 g/mol. The number of benzene rings is 2.